The summed E-state index contributed by atoms with van der Waals surface area (Å²) < 4.78 is 1.87. The van der Waals surface area contributed by atoms with E-state index >= 15 is 0 Å². The molecule has 0 bridgehead atoms. The maximum Gasteiger partial charge on any atom is 0.225 e. The van der Waals surface area contributed by atoms with Gasteiger partial charge in [0.2, 0.25) is 5.91 Å². The summed E-state index contributed by atoms with van der Waals surface area (Å²) in [7, 11) is 0. The lowest BCUT2D eigenvalue weighted by atomic mass is 9.92. The Morgan fingerprint density at radius 1 is 1.35 bits per heavy atom. The van der Waals surface area contributed by atoms with Gasteiger partial charge in [0.15, 0.2) is 0 Å². The number of benzene rings is 1. The van der Waals surface area contributed by atoms with Crippen molar-refractivity contribution in [3.8, 4) is 5.69 Å². The summed E-state index contributed by atoms with van der Waals surface area (Å²) in [4.78, 5) is 12.5. The van der Waals surface area contributed by atoms with Crippen LogP contribution in [0.1, 0.15) is 51.3 Å². The maximum absolute atomic E-state index is 12.5. The molecule has 2 N–H and O–H groups in total. The highest BCUT2D eigenvalue weighted by Gasteiger charge is 2.22. The van der Waals surface area contributed by atoms with Crippen molar-refractivity contribution in [1.82, 2.24) is 15.1 Å². The van der Waals surface area contributed by atoms with E-state index in [-0.39, 0.29) is 11.3 Å². The van der Waals surface area contributed by atoms with Crippen LogP contribution < -0.4 is 10.6 Å². The fourth-order valence-electron chi connectivity index (χ4n) is 3.32. The number of hydrogen-bond acceptors (Lipinski definition) is 3. The van der Waals surface area contributed by atoms with Gasteiger partial charge in [-0.05, 0) is 50.4 Å². The Kier molecular flexibility index (Phi) is 5.47. The lowest BCUT2D eigenvalue weighted by molar-refractivity contribution is -0.116. The molecule has 5 heteroatoms. The summed E-state index contributed by atoms with van der Waals surface area (Å²) >= 11 is 0. The summed E-state index contributed by atoms with van der Waals surface area (Å²) in [6.45, 7) is 10.6. The Morgan fingerprint density at radius 2 is 2.12 bits per heavy atom. The molecule has 140 valence electrons. The third kappa shape index (κ3) is 4.33. The minimum atomic E-state index is -0.0804. The number of amides is 1. The van der Waals surface area contributed by atoms with E-state index in [0.29, 0.717) is 12.3 Å². The number of carbonyl (C=O) groups is 1. The minimum absolute atomic E-state index is 0.0621. The van der Waals surface area contributed by atoms with Crippen LogP contribution in [0.15, 0.2) is 30.3 Å². The van der Waals surface area contributed by atoms with Crippen LogP contribution in [0.5, 0.6) is 0 Å². The van der Waals surface area contributed by atoms with Crippen molar-refractivity contribution in [2.75, 3.05) is 18.4 Å². The molecule has 2 aromatic rings. The molecule has 26 heavy (non-hydrogen) atoms. The van der Waals surface area contributed by atoms with Crippen molar-refractivity contribution in [3.05, 3.63) is 41.6 Å². The number of hydrogen-bond donors (Lipinski definition) is 2. The molecule has 3 rings (SSSR count). The van der Waals surface area contributed by atoms with Crippen molar-refractivity contribution in [2.45, 2.75) is 52.4 Å². The van der Waals surface area contributed by atoms with E-state index < -0.39 is 0 Å². The molecule has 1 saturated heterocycles. The predicted octanol–water partition coefficient (Wildman–Crippen LogP) is 3.81. The van der Waals surface area contributed by atoms with E-state index in [2.05, 4.69) is 44.4 Å². The fraction of sp³-hybridized carbons (Fsp3) is 0.524. The molecule has 1 aromatic carbocycles. The quantitative estimate of drug-likeness (QED) is 0.858. The first kappa shape index (κ1) is 18.6. The molecule has 1 unspecified atom stereocenters. The van der Waals surface area contributed by atoms with Gasteiger partial charge < -0.3 is 10.6 Å². The van der Waals surface area contributed by atoms with Crippen LogP contribution in [0.2, 0.25) is 0 Å². The van der Waals surface area contributed by atoms with Crippen LogP contribution in [0.3, 0.4) is 0 Å². The van der Waals surface area contributed by atoms with Crippen LogP contribution in [0.4, 0.5) is 5.82 Å². The van der Waals surface area contributed by atoms with Crippen LogP contribution in [0, 0.1) is 12.8 Å². The van der Waals surface area contributed by atoms with Gasteiger partial charge in [-0.25, -0.2) is 4.68 Å². The molecular formula is C21H30N4O. The summed E-state index contributed by atoms with van der Waals surface area (Å²) in [5.74, 6) is 1.43. The Balaban J connectivity index is 1.81. The van der Waals surface area contributed by atoms with Crippen molar-refractivity contribution in [2.24, 2.45) is 5.92 Å². The molecule has 1 amide bonds. The number of aromatic nitrogens is 2. The number of nitrogens with zero attached hydrogens (tertiary/aromatic N) is 2. The van der Waals surface area contributed by atoms with Gasteiger partial charge >= 0.3 is 0 Å². The highest BCUT2D eigenvalue weighted by atomic mass is 16.1. The number of para-hydroxylation sites is 1. The largest absolute Gasteiger partial charge is 0.316 e. The highest BCUT2D eigenvalue weighted by Crippen LogP contribution is 2.27. The second-order valence-corrected chi connectivity index (χ2v) is 8.31. The molecule has 0 radical (unpaired) electrons. The average molecular weight is 354 g/mol. The molecule has 1 aliphatic rings. The molecule has 1 atom stereocenters. The zero-order valence-corrected chi connectivity index (χ0v) is 16.3. The van der Waals surface area contributed by atoms with E-state index in [1.54, 1.807) is 0 Å². The molecule has 0 spiro atoms. The Hall–Kier alpha value is -2.14. The smallest absolute Gasteiger partial charge is 0.225 e. The van der Waals surface area contributed by atoms with Crippen molar-refractivity contribution in [3.63, 3.8) is 0 Å². The second-order valence-electron chi connectivity index (χ2n) is 8.31. The van der Waals surface area contributed by atoms with E-state index in [0.717, 1.165) is 42.3 Å². The summed E-state index contributed by atoms with van der Waals surface area (Å²) in [6, 6.07) is 10.1. The van der Waals surface area contributed by atoms with E-state index in [4.69, 9.17) is 5.10 Å². The van der Waals surface area contributed by atoms with Crippen molar-refractivity contribution < 1.29 is 4.79 Å². The average Bonchev–Trinajstić information content (AvgIpc) is 3.23. The van der Waals surface area contributed by atoms with Crippen LogP contribution in [-0.4, -0.2) is 28.8 Å². The monoisotopic (exact) mass is 354 g/mol. The third-order valence-corrected chi connectivity index (χ3v) is 5.03. The molecule has 5 nitrogen and oxygen atoms in total. The molecule has 2 heterocycles. The number of aryl methyl sites for hydroxylation is 1. The number of carbonyl (C=O) groups excluding carboxylic acids is 1. The minimum Gasteiger partial charge on any atom is -0.316 e. The van der Waals surface area contributed by atoms with Crippen LogP contribution in [0.25, 0.3) is 5.69 Å². The Morgan fingerprint density at radius 3 is 2.77 bits per heavy atom. The standard InChI is InChI=1S/C21H30N4O/c1-15-7-5-6-8-17(15)25-19(13-18(24-25)21(2,3)4)23-20(26)10-9-16-11-12-22-14-16/h5-8,13,16,22H,9-12,14H2,1-4H3,(H,23,26). The lowest BCUT2D eigenvalue weighted by Crippen LogP contribution is -2.17. The van der Waals surface area contributed by atoms with Crippen molar-refractivity contribution in [1.29, 1.82) is 0 Å². The van der Waals surface area contributed by atoms with Crippen LogP contribution in [-0.2, 0) is 10.2 Å². The Labute approximate surface area is 156 Å². The van der Waals surface area contributed by atoms with Gasteiger partial charge in [-0.2, -0.15) is 5.10 Å². The normalized spacial score (nSPS) is 17.5. The Bertz CT molecular complexity index is 767. The van der Waals surface area contributed by atoms with Gasteiger partial charge in [-0.1, -0.05) is 39.0 Å². The molecular weight excluding hydrogens is 324 g/mol. The SMILES string of the molecule is Cc1ccccc1-n1nc(C(C)(C)C)cc1NC(=O)CCC1CCNC1. The molecule has 1 aliphatic heterocycles. The summed E-state index contributed by atoms with van der Waals surface area (Å²) in [5, 5.41) is 11.2. The van der Waals surface area contributed by atoms with E-state index in [1.807, 2.05) is 28.9 Å². The van der Waals surface area contributed by atoms with Gasteiger partial charge in [0, 0.05) is 17.9 Å². The lowest BCUT2D eigenvalue weighted by Gasteiger charge is -2.14. The summed E-state index contributed by atoms with van der Waals surface area (Å²) in [5.41, 5.74) is 3.01. The van der Waals surface area contributed by atoms with Gasteiger partial charge in [0.1, 0.15) is 5.82 Å². The molecule has 0 aliphatic carbocycles. The fourth-order valence-corrected chi connectivity index (χ4v) is 3.32. The first-order valence-electron chi connectivity index (χ1n) is 9.52. The number of nitrogens with one attached hydrogen (secondary N) is 2. The highest BCUT2D eigenvalue weighted by molar-refractivity contribution is 5.90. The second kappa shape index (κ2) is 7.62. The van der Waals surface area contributed by atoms with Gasteiger partial charge in [0.25, 0.3) is 0 Å². The topological polar surface area (TPSA) is 59.0 Å². The maximum atomic E-state index is 12.5. The predicted molar refractivity (Wildman–Crippen MR) is 106 cm³/mol. The van der Waals surface area contributed by atoms with Crippen LogP contribution >= 0.6 is 0 Å². The summed E-state index contributed by atoms with van der Waals surface area (Å²) in [6.07, 6.45) is 2.65. The van der Waals surface area contributed by atoms with E-state index in [9.17, 15) is 4.79 Å². The third-order valence-electron chi connectivity index (χ3n) is 5.03. The van der Waals surface area contributed by atoms with Crippen molar-refractivity contribution >= 4 is 11.7 Å². The van der Waals surface area contributed by atoms with Gasteiger partial charge in [-0.15, -0.1) is 0 Å². The first-order valence-corrected chi connectivity index (χ1v) is 9.52. The molecule has 1 aromatic heterocycles. The van der Waals surface area contributed by atoms with Gasteiger partial charge in [0.05, 0.1) is 11.4 Å². The van der Waals surface area contributed by atoms with E-state index in [1.165, 1.54) is 6.42 Å². The number of rotatable bonds is 5. The molecule has 0 saturated carbocycles. The number of anilines is 1. The zero-order chi connectivity index (χ0) is 18.7. The molecule has 1 fully saturated rings. The zero-order valence-electron chi connectivity index (χ0n) is 16.3. The van der Waals surface area contributed by atoms with Gasteiger partial charge in [-0.3, -0.25) is 4.79 Å². The first-order chi connectivity index (χ1) is 12.3.